The van der Waals surface area contributed by atoms with Crippen LogP contribution in [0.1, 0.15) is 27.7 Å². The maximum Gasteiger partial charge on any atom is 0.103 e. The monoisotopic (exact) mass is 168 g/mol. The summed E-state index contributed by atoms with van der Waals surface area (Å²) in [6.45, 7) is 12.9. The van der Waals surface area contributed by atoms with E-state index < -0.39 is 0 Å². The van der Waals surface area contributed by atoms with Crippen LogP contribution in [0.4, 0.5) is 0 Å². The summed E-state index contributed by atoms with van der Waals surface area (Å²) in [7, 11) is 0. The Kier molecular flexibility index (Phi) is 4.64. The molecule has 2 heteroatoms. The Balaban J connectivity index is 4.25. The first-order valence-electron chi connectivity index (χ1n) is 4.52. The van der Waals surface area contributed by atoms with E-state index >= 15 is 0 Å². The summed E-state index contributed by atoms with van der Waals surface area (Å²) < 4.78 is 0. The fourth-order valence-electron chi connectivity index (χ4n) is 0.975. The maximum atomic E-state index is 7.84. The molecule has 0 aliphatic heterocycles. The SMILES string of the molecule is C=CN(CC)C(=N)C(C)C(C)C. The van der Waals surface area contributed by atoms with Gasteiger partial charge in [-0.05, 0) is 19.0 Å². The van der Waals surface area contributed by atoms with E-state index in [4.69, 9.17) is 5.41 Å². The lowest BCUT2D eigenvalue weighted by molar-refractivity contribution is 0.460. The molecule has 0 radical (unpaired) electrons. The van der Waals surface area contributed by atoms with E-state index in [1.807, 2.05) is 11.8 Å². The summed E-state index contributed by atoms with van der Waals surface area (Å²) in [5.74, 6) is 1.50. The first-order valence-corrected chi connectivity index (χ1v) is 4.52. The van der Waals surface area contributed by atoms with Gasteiger partial charge in [0.05, 0.1) is 0 Å². The van der Waals surface area contributed by atoms with Crippen LogP contribution in [0.5, 0.6) is 0 Å². The Morgan fingerprint density at radius 2 is 2.00 bits per heavy atom. The van der Waals surface area contributed by atoms with Crippen LogP contribution >= 0.6 is 0 Å². The van der Waals surface area contributed by atoms with E-state index in [-0.39, 0.29) is 0 Å². The molecule has 0 fully saturated rings. The Morgan fingerprint density at radius 1 is 1.50 bits per heavy atom. The van der Waals surface area contributed by atoms with Gasteiger partial charge in [0.1, 0.15) is 5.84 Å². The minimum atomic E-state index is 0.308. The number of rotatable bonds is 4. The van der Waals surface area contributed by atoms with Crippen molar-refractivity contribution in [1.82, 2.24) is 4.90 Å². The van der Waals surface area contributed by atoms with Crippen molar-refractivity contribution in [3.8, 4) is 0 Å². The Hall–Kier alpha value is -0.790. The number of nitrogens with one attached hydrogen (secondary N) is 1. The predicted molar refractivity (Wildman–Crippen MR) is 54.3 cm³/mol. The quantitative estimate of drug-likeness (QED) is 0.507. The molecule has 0 aromatic carbocycles. The van der Waals surface area contributed by atoms with E-state index in [1.165, 1.54) is 0 Å². The van der Waals surface area contributed by atoms with Gasteiger partial charge in [-0.15, -0.1) is 0 Å². The zero-order valence-electron chi connectivity index (χ0n) is 8.59. The third-order valence-corrected chi connectivity index (χ3v) is 2.30. The van der Waals surface area contributed by atoms with Crippen molar-refractivity contribution >= 4 is 5.84 Å². The highest BCUT2D eigenvalue weighted by Gasteiger charge is 2.16. The Bertz CT molecular complexity index is 161. The average molecular weight is 168 g/mol. The highest BCUT2D eigenvalue weighted by Crippen LogP contribution is 2.13. The van der Waals surface area contributed by atoms with Gasteiger partial charge in [-0.3, -0.25) is 5.41 Å². The van der Waals surface area contributed by atoms with E-state index in [9.17, 15) is 0 Å². The fraction of sp³-hybridized carbons (Fsp3) is 0.700. The van der Waals surface area contributed by atoms with Gasteiger partial charge < -0.3 is 4.90 Å². The third-order valence-electron chi connectivity index (χ3n) is 2.30. The molecule has 0 spiro atoms. The molecular formula is C10H20N2. The van der Waals surface area contributed by atoms with Crippen molar-refractivity contribution in [3.05, 3.63) is 12.8 Å². The smallest absolute Gasteiger partial charge is 0.103 e. The van der Waals surface area contributed by atoms with E-state index in [0.717, 1.165) is 6.54 Å². The molecule has 0 aromatic rings. The molecule has 0 aromatic heterocycles. The summed E-state index contributed by atoms with van der Waals surface area (Å²) in [5, 5.41) is 7.84. The molecule has 2 nitrogen and oxygen atoms in total. The van der Waals surface area contributed by atoms with Gasteiger partial charge in [0.15, 0.2) is 0 Å². The predicted octanol–water partition coefficient (Wildman–Crippen LogP) is 2.72. The molecule has 0 saturated carbocycles. The van der Waals surface area contributed by atoms with Crippen molar-refractivity contribution in [2.75, 3.05) is 6.54 Å². The van der Waals surface area contributed by atoms with Crippen LogP contribution in [-0.4, -0.2) is 17.3 Å². The molecule has 0 heterocycles. The van der Waals surface area contributed by atoms with Gasteiger partial charge in [-0.2, -0.15) is 0 Å². The minimum Gasteiger partial charge on any atom is -0.338 e. The molecule has 1 atom stereocenters. The minimum absolute atomic E-state index is 0.308. The van der Waals surface area contributed by atoms with Crippen molar-refractivity contribution in [2.45, 2.75) is 27.7 Å². The van der Waals surface area contributed by atoms with E-state index in [1.54, 1.807) is 6.20 Å². The largest absolute Gasteiger partial charge is 0.338 e. The van der Waals surface area contributed by atoms with Gasteiger partial charge >= 0.3 is 0 Å². The van der Waals surface area contributed by atoms with Gasteiger partial charge in [0.2, 0.25) is 0 Å². The van der Waals surface area contributed by atoms with Crippen molar-refractivity contribution < 1.29 is 0 Å². The summed E-state index contributed by atoms with van der Waals surface area (Å²) >= 11 is 0. The van der Waals surface area contributed by atoms with Gasteiger partial charge in [-0.1, -0.05) is 27.4 Å². The molecular weight excluding hydrogens is 148 g/mol. The van der Waals surface area contributed by atoms with Gasteiger partial charge in [-0.25, -0.2) is 0 Å². The third kappa shape index (κ3) is 2.68. The standard InChI is InChI=1S/C10H20N2/c1-6-12(7-2)10(11)9(5)8(3)4/h6,8-9,11H,1,7H2,2-5H3. The first-order chi connectivity index (χ1) is 5.54. The molecule has 0 rings (SSSR count). The number of hydrogen-bond donors (Lipinski definition) is 1. The molecule has 0 aliphatic rings. The number of amidine groups is 1. The van der Waals surface area contributed by atoms with E-state index in [2.05, 4.69) is 27.4 Å². The fourth-order valence-corrected chi connectivity index (χ4v) is 0.975. The highest BCUT2D eigenvalue weighted by atomic mass is 15.1. The van der Waals surface area contributed by atoms with Crippen LogP contribution in [0.2, 0.25) is 0 Å². The molecule has 1 unspecified atom stereocenters. The molecule has 12 heavy (non-hydrogen) atoms. The lowest BCUT2D eigenvalue weighted by Gasteiger charge is -2.25. The van der Waals surface area contributed by atoms with E-state index in [0.29, 0.717) is 17.7 Å². The van der Waals surface area contributed by atoms with Crippen LogP contribution in [0.25, 0.3) is 0 Å². The normalized spacial score (nSPS) is 12.8. The summed E-state index contributed by atoms with van der Waals surface area (Å²) in [4.78, 5) is 1.88. The summed E-state index contributed by atoms with van der Waals surface area (Å²) in [5.41, 5.74) is 0. The highest BCUT2D eigenvalue weighted by molar-refractivity contribution is 5.82. The van der Waals surface area contributed by atoms with Crippen LogP contribution in [-0.2, 0) is 0 Å². The maximum absolute atomic E-state index is 7.84. The zero-order valence-corrected chi connectivity index (χ0v) is 8.59. The number of hydrogen-bond acceptors (Lipinski definition) is 1. The molecule has 0 aliphatic carbocycles. The van der Waals surface area contributed by atoms with Crippen LogP contribution in [0.15, 0.2) is 12.8 Å². The average Bonchev–Trinajstić information content (AvgIpc) is 2.05. The molecule has 0 bridgehead atoms. The Labute approximate surface area is 75.8 Å². The van der Waals surface area contributed by atoms with Crippen LogP contribution in [0.3, 0.4) is 0 Å². The zero-order chi connectivity index (χ0) is 9.72. The second-order valence-electron chi connectivity index (χ2n) is 3.39. The Morgan fingerprint density at radius 3 is 2.25 bits per heavy atom. The molecule has 0 saturated heterocycles. The second-order valence-corrected chi connectivity index (χ2v) is 3.39. The summed E-state index contributed by atoms with van der Waals surface area (Å²) in [6.07, 6.45) is 1.72. The number of nitrogens with zero attached hydrogens (tertiary/aromatic N) is 1. The second kappa shape index (κ2) is 4.96. The van der Waals surface area contributed by atoms with Crippen molar-refractivity contribution in [3.63, 3.8) is 0 Å². The van der Waals surface area contributed by atoms with Gasteiger partial charge in [0.25, 0.3) is 0 Å². The van der Waals surface area contributed by atoms with Crippen molar-refractivity contribution in [2.24, 2.45) is 11.8 Å². The molecule has 0 amide bonds. The first kappa shape index (κ1) is 11.2. The lowest BCUT2D eigenvalue weighted by Crippen LogP contribution is -2.32. The molecule has 1 N–H and O–H groups in total. The van der Waals surface area contributed by atoms with Crippen molar-refractivity contribution in [1.29, 1.82) is 5.41 Å². The lowest BCUT2D eigenvalue weighted by atomic mass is 9.96. The summed E-state index contributed by atoms with van der Waals surface area (Å²) in [6, 6.07) is 0. The molecule has 70 valence electrons. The van der Waals surface area contributed by atoms with Crippen LogP contribution in [0, 0.1) is 17.2 Å². The van der Waals surface area contributed by atoms with Crippen LogP contribution < -0.4 is 0 Å². The topological polar surface area (TPSA) is 27.1 Å². The van der Waals surface area contributed by atoms with Gasteiger partial charge in [0, 0.05) is 12.5 Å².